The van der Waals surface area contributed by atoms with Gasteiger partial charge < -0.3 is 10.0 Å². The van der Waals surface area contributed by atoms with Crippen molar-refractivity contribution in [3.63, 3.8) is 0 Å². The molecular formula is C12H13F6NO. The normalized spacial score (nSPS) is 12.6. The Morgan fingerprint density at radius 3 is 2.10 bits per heavy atom. The van der Waals surface area contributed by atoms with Crippen LogP contribution in [-0.2, 0) is 12.8 Å². The van der Waals surface area contributed by atoms with Gasteiger partial charge in [-0.05, 0) is 24.6 Å². The monoisotopic (exact) mass is 301 g/mol. The predicted octanol–water partition coefficient (Wildman–Crippen LogP) is 3.59. The minimum absolute atomic E-state index is 0.0880. The van der Waals surface area contributed by atoms with E-state index in [2.05, 4.69) is 0 Å². The van der Waals surface area contributed by atoms with Crippen LogP contribution < -0.4 is 4.90 Å². The summed E-state index contributed by atoms with van der Waals surface area (Å²) in [5.74, 6) is 0. The average molecular weight is 301 g/mol. The van der Waals surface area contributed by atoms with Crippen LogP contribution in [0.15, 0.2) is 18.2 Å². The maximum atomic E-state index is 12.8. The lowest BCUT2D eigenvalue weighted by molar-refractivity contribution is -0.138. The van der Waals surface area contributed by atoms with Crippen LogP contribution in [0, 0.1) is 0 Å². The molecule has 1 rings (SSSR count). The van der Waals surface area contributed by atoms with E-state index in [0.717, 1.165) is 17.0 Å². The predicted molar refractivity (Wildman–Crippen MR) is 61.3 cm³/mol. The van der Waals surface area contributed by atoms with Crippen molar-refractivity contribution in [2.24, 2.45) is 0 Å². The first-order valence-electron chi connectivity index (χ1n) is 5.71. The fraction of sp³-hybridized carbons (Fsp3) is 0.500. The Kier molecular flexibility index (Phi) is 4.90. The Hall–Kier alpha value is -1.44. The molecule has 2 nitrogen and oxygen atoms in total. The van der Waals surface area contributed by atoms with Crippen molar-refractivity contribution in [1.82, 2.24) is 0 Å². The molecule has 0 amide bonds. The number of hydrogen-bond acceptors (Lipinski definition) is 2. The molecule has 0 bridgehead atoms. The second-order valence-corrected chi connectivity index (χ2v) is 4.13. The molecule has 0 aliphatic carbocycles. The Labute approximate surface area is 111 Å². The van der Waals surface area contributed by atoms with Crippen molar-refractivity contribution in [1.29, 1.82) is 0 Å². The van der Waals surface area contributed by atoms with Crippen molar-refractivity contribution in [3.8, 4) is 0 Å². The highest BCUT2D eigenvalue weighted by atomic mass is 19.4. The third-order valence-corrected chi connectivity index (χ3v) is 2.69. The zero-order valence-electron chi connectivity index (χ0n) is 10.5. The summed E-state index contributed by atoms with van der Waals surface area (Å²) in [6.45, 7) is -0.839. The van der Waals surface area contributed by atoms with Gasteiger partial charge in [-0.3, -0.25) is 0 Å². The summed E-state index contributed by atoms with van der Waals surface area (Å²) in [6.07, 6.45) is -9.24. The highest BCUT2D eigenvalue weighted by Crippen LogP contribution is 2.35. The molecule has 0 aliphatic rings. The van der Waals surface area contributed by atoms with Gasteiger partial charge in [-0.15, -0.1) is 0 Å². The Morgan fingerprint density at radius 1 is 1.10 bits per heavy atom. The Bertz CT molecular complexity index is 454. The average Bonchev–Trinajstić information content (AvgIpc) is 2.33. The topological polar surface area (TPSA) is 23.5 Å². The molecule has 0 atom stereocenters. The minimum atomic E-state index is -4.73. The molecular weight excluding hydrogens is 288 g/mol. The van der Waals surface area contributed by atoms with E-state index in [0.29, 0.717) is 6.07 Å². The minimum Gasteiger partial charge on any atom is -0.392 e. The van der Waals surface area contributed by atoms with Crippen LogP contribution in [0.2, 0.25) is 0 Å². The van der Waals surface area contributed by atoms with Crippen molar-refractivity contribution in [3.05, 3.63) is 29.3 Å². The van der Waals surface area contributed by atoms with Crippen LogP contribution in [0.1, 0.15) is 18.1 Å². The number of halogens is 6. The number of rotatable bonds is 4. The van der Waals surface area contributed by atoms with Crippen molar-refractivity contribution in [2.75, 3.05) is 18.0 Å². The molecule has 20 heavy (non-hydrogen) atoms. The first-order valence-corrected chi connectivity index (χ1v) is 5.71. The standard InChI is InChI=1S/C12H13F6NO/c1-2-19(7-11(13,14)15)9-4-3-8(6-20)10(5-9)12(16,17)18/h3-5,20H,2,6-7H2,1H3. The van der Waals surface area contributed by atoms with Crippen molar-refractivity contribution < 1.29 is 31.4 Å². The van der Waals surface area contributed by atoms with Gasteiger partial charge in [0.25, 0.3) is 0 Å². The zero-order chi connectivity index (χ0) is 15.6. The van der Waals surface area contributed by atoms with Crippen LogP contribution in [0.5, 0.6) is 0 Å². The second kappa shape index (κ2) is 5.90. The Morgan fingerprint density at radius 2 is 1.70 bits per heavy atom. The van der Waals surface area contributed by atoms with E-state index in [1.165, 1.54) is 6.92 Å². The summed E-state index contributed by atoms with van der Waals surface area (Å²) in [6, 6.07) is 2.74. The highest BCUT2D eigenvalue weighted by Gasteiger charge is 2.35. The van der Waals surface area contributed by atoms with Crippen LogP contribution in [-0.4, -0.2) is 24.4 Å². The van der Waals surface area contributed by atoms with E-state index in [1.54, 1.807) is 0 Å². The van der Waals surface area contributed by atoms with E-state index in [4.69, 9.17) is 5.11 Å². The molecule has 0 saturated heterocycles. The number of aliphatic hydroxyl groups excluding tert-OH is 1. The van der Waals surface area contributed by atoms with Gasteiger partial charge in [0, 0.05) is 12.2 Å². The molecule has 1 N–H and O–H groups in total. The number of hydrogen-bond donors (Lipinski definition) is 1. The maximum Gasteiger partial charge on any atom is 0.416 e. The van der Waals surface area contributed by atoms with Gasteiger partial charge in [-0.1, -0.05) is 6.07 Å². The molecule has 0 spiro atoms. The molecule has 0 radical (unpaired) electrons. The summed E-state index contributed by atoms with van der Waals surface area (Å²) >= 11 is 0. The summed E-state index contributed by atoms with van der Waals surface area (Å²) in [5, 5.41) is 8.86. The number of benzene rings is 1. The molecule has 114 valence electrons. The van der Waals surface area contributed by atoms with Gasteiger partial charge in [-0.2, -0.15) is 26.3 Å². The largest absolute Gasteiger partial charge is 0.416 e. The molecule has 8 heteroatoms. The molecule has 1 aromatic carbocycles. The fourth-order valence-electron chi connectivity index (χ4n) is 1.76. The quantitative estimate of drug-likeness (QED) is 0.859. The van der Waals surface area contributed by atoms with Crippen LogP contribution in [0.25, 0.3) is 0 Å². The zero-order valence-corrected chi connectivity index (χ0v) is 10.5. The number of alkyl halides is 6. The number of anilines is 1. The summed E-state index contributed by atoms with van der Waals surface area (Å²) in [7, 11) is 0. The van der Waals surface area contributed by atoms with E-state index in [-0.39, 0.29) is 17.8 Å². The van der Waals surface area contributed by atoms with E-state index < -0.39 is 31.1 Å². The van der Waals surface area contributed by atoms with Crippen LogP contribution in [0.4, 0.5) is 32.0 Å². The lowest BCUT2D eigenvalue weighted by Gasteiger charge is -2.25. The molecule has 1 aromatic rings. The SMILES string of the molecule is CCN(CC(F)(F)F)c1ccc(CO)c(C(F)(F)F)c1. The molecule has 0 saturated carbocycles. The summed E-state index contributed by atoms with van der Waals surface area (Å²) in [5.41, 5.74) is -1.68. The fourth-order valence-corrected chi connectivity index (χ4v) is 1.76. The van der Waals surface area contributed by atoms with Gasteiger partial charge in [0.15, 0.2) is 0 Å². The molecule has 0 fully saturated rings. The number of aliphatic hydroxyl groups is 1. The first kappa shape index (κ1) is 16.6. The van der Waals surface area contributed by atoms with Crippen LogP contribution in [0.3, 0.4) is 0 Å². The molecule has 0 aliphatic heterocycles. The maximum absolute atomic E-state index is 12.8. The lowest BCUT2D eigenvalue weighted by Crippen LogP contribution is -2.34. The third-order valence-electron chi connectivity index (χ3n) is 2.69. The van der Waals surface area contributed by atoms with E-state index >= 15 is 0 Å². The molecule has 0 aromatic heterocycles. The van der Waals surface area contributed by atoms with Crippen molar-refractivity contribution in [2.45, 2.75) is 25.9 Å². The Balaban J connectivity index is 3.19. The van der Waals surface area contributed by atoms with E-state index in [1.807, 2.05) is 0 Å². The van der Waals surface area contributed by atoms with Gasteiger partial charge in [0.05, 0.1) is 12.2 Å². The van der Waals surface area contributed by atoms with Gasteiger partial charge in [0.2, 0.25) is 0 Å². The first-order chi connectivity index (χ1) is 9.08. The molecule has 0 unspecified atom stereocenters. The van der Waals surface area contributed by atoms with Gasteiger partial charge in [-0.25, -0.2) is 0 Å². The van der Waals surface area contributed by atoms with Gasteiger partial charge >= 0.3 is 12.4 Å². The van der Waals surface area contributed by atoms with Crippen molar-refractivity contribution >= 4 is 5.69 Å². The molecule has 0 heterocycles. The lowest BCUT2D eigenvalue weighted by atomic mass is 10.1. The number of nitrogens with zero attached hydrogens (tertiary/aromatic N) is 1. The van der Waals surface area contributed by atoms with Crippen LogP contribution >= 0.6 is 0 Å². The summed E-state index contributed by atoms with van der Waals surface area (Å²) in [4.78, 5) is 0.788. The summed E-state index contributed by atoms with van der Waals surface area (Å²) < 4.78 is 75.4. The highest BCUT2D eigenvalue weighted by molar-refractivity contribution is 5.52. The van der Waals surface area contributed by atoms with E-state index in [9.17, 15) is 26.3 Å². The smallest absolute Gasteiger partial charge is 0.392 e. The second-order valence-electron chi connectivity index (χ2n) is 4.13. The van der Waals surface area contributed by atoms with Gasteiger partial charge in [0.1, 0.15) is 6.54 Å². The third kappa shape index (κ3) is 4.29.